The van der Waals surface area contributed by atoms with Crippen molar-refractivity contribution in [3.05, 3.63) is 81.6 Å². The van der Waals surface area contributed by atoms with Crippen molar-refractivity contribution < 1.29 is 37.2 Å². The van der Waals surface area contributed by atoms with E-state index >= 15 is 0 Å². The fourth-order valence-corrected chi connectivity index (χ4v) is 3.35. The summed E-state index contributed by atoms with van der Waals surface area (Å²) in [4.78, 5) is 28.7. The summed E-state index contributed by atoms with van der Waals surface area (Å²) in [6.45, 7) is 1.88. The fourth-order valence-electron chi connectivity index (χ4n) is 2.99. The lowest BCUT2D eigenvalue weighted by Crippen LogP contribution is -3.00. The first-order valence-corrected chi connectivity index (χ1v) is 9.37. The molecule has 0 spiro atoms. The van der Waals surface area contributed by atoms with E-state index in [1.54, 1.807) is 28.8 Å². The number of halogens is 3. The number of carboxylic acids is 1. The summed E-state index contributed by atoms with van der Waals surface area (Å²) < 4.78 is 16.4. The molecule has 1 aromatic heterocycles. The van der Waals surface area contributed by atoms with Gasteiger partial charge in [-0.3, -0.25) is 9.36 Å². The molecule has 0 aliphatic carbocycles. The maximum absolute atomic E-state index is 14.2. The Morgan fingerprint density at radius 2 is 1.93 bits per heavy atom. The van der Waals surface area contributed by atoms with Gasteiger partial charge < -0.3 is 23.2 Å². The SMILES string of the molecule is CCC([NH3+])c1c(C(=O)O)ncn1-c1ccc(Br)cc1C(=O)c1ccccc1F.[Cl-]. The lowest BCUT2D eigenvalue weighted by Gasteiger charge is -2.15. The van der Waals surface area contributed by atoms with Crippen LogP contribution in [0.1, 0.15) is 51.5 Å². The van der Waals surface area contributed by atoms with Crippen LogP contribution in [-0.2, 0) is 0 Å². The van der Waals surface area contributed by atoms with E-state index in [0.29, 0.717) is 22.3 Å². The van der Waals surface area contributed by atoms with E-state index in [1.165, 1.54) is 24.5 Å². The third kappa shape index (κ3) is 4.39. The maximum Gasteiger partial charge on any atom is 0.356 e. The first-order chi connectivity index (χ1) is 13.3. The smallest absolute Gasteiger partial charge is 0.356 e. The van der Waals surface area contributed by atoms with Gasteiger partial charge in [0.05, 0.1) is 11.3 Å². The zero-order valence-corrected chi connectivity index (χ0v) is 17.7. The standard InChI is InChI=1S/C20H17BrFN3O3.ClH/c1-2-15(23)18-17(20(27)28)24-10-25(18)16-8-7-11(21)9-13(16)19(26)12-5-3-4-6-14(12)22;/h3-10,15H,2,23H2,1H3,(H,27,28);1H. The van der Waals surface area contributed by atoms with Crippen LogP contribution in [-0.4, -0.2) is 26.4 Å². The molecule has 0 aliphatic rings. The number of aromatic nitrogens is 2. The number of carbonyl (C=O) groups excluding carboxylic acids is 1. The predicted octanol–water partition coefficient (Wildman–Crippen LogP) is 0.400. The molecule has 0 saturated heterocycles. The molecule has 0 amide bonds. The van der Waals surface area contributed by atoms with E-state index in [4.69, 9.17) is 0 Å². The van der Waals surface area contributed by atoms with Gasteiger partial charge in [-0.25, -0.2) is 14.2 Å². The van der Waals surface area contributed by atoms with Gasteiger partial charge in [0.1, 0.15) is 23.9 Å². The molecule has 29 heavy (non-hydrogen) atoms. The molecule has 4 N–H and O–H groups in total. The highest BCUT2D eigenvalue weighted by molar-refractivity contribution is 9.10. The molecule has 0 bridgehead atoms. The Morgan fingerprint density at radius 3 is 2.55 bits per heavy atom. The van der Waals surface area contributed by atoms with E-state index in [9.17, 15) is 19.1 Å². The second-order valence-electron chi connectivity index (χ2n) is 6.23. The molecule has 0 aliphatic heterocycles. The number of quaternary nitrogens is 1. The molecule has 1 atom stereocenters. The van der Waals surface area contributed by atoms with Crippen LogP contribution in [0.2, 0.25) is 0 Å². The number of carboxylic acid groups (broad SMARTS) is 1. The number of hydrogen-bond donors (Lipinski definition) is 2. The largest absolute Gasteiger partial charge is 1.00 e. The van der Waals surface area contributed by atoms with Crippen LogP contribution in [0.4, 0.5) is 4.39 Å². The van der Waals surface area contributed by atoms with E-state index in [1.807, 2.05) is 6.92 Å². The lowest BCUT2D eigenvalue weighted by atomic mass is 10.0. The molecule has 0 radical (unpaired) electrons. The minimum absolute atomic E-state index is 0. The number of imidazole rings is 1. The molecular weight excluding hydrogens is 465 g/mol. The molecule has 0 saturated carbocycles. The lowest BCUT2D eigenvalue weighted by molar-refractivity contribution is -0.428. The maximum atomic E-state index is 14.2. The molecule has 3 rings (SSSR count). The van der Waals surface area contributed by atoms with Gasteiger partial charge in [-0.15, -0.1) is 0 Å². The van der Waals surface area contributed by atoms with Gasteiger partial charge in [0, 0.05) is 16.5 Å². The van der Waals surface area contributed by atoms with Crippen molar-refractivity contribution >= 4 is 27.7 Å². The van der Waals surface area contributed by atoms with E-state index in [0.717, 1.165) is 0 Å². The van der Waals surface area contributed by atoms with Crippen molar-refractivity contribution in [1.82, 2.24) is 9.55 Å². The number of benzene rings is 2. The summed E-state index contributed by atoms with van der Waals surface area (Å²) in [7, 11) is 0. The van der Waals surface area contributed by atoms with Crippen LogP contribution >= 0.6 is 15.9 Å². The Bertz CT molecular complexity index is 1070. The topological polar surface area (TPSA) is 99.8 Å². The summed E-state index contributed by atoms with van der Waals surface area (Å²) in [5.41, 5.74) is 4.85. The number of nitrogens with zero attached hydrogens (tertiary/aromatic N) is 2. The third-order valence-electron chi connectivity index (χ3n) is 4.47. The Hall–Kier alpha value is -2.55. The van der Waals surface area contributed by atoms with Gasteiger partial charge in [-0.1, -0.05) is 35.0 Å². The average molecular weight is 483 g/mol. The minimum atomic E-state index is -1.17. The molecule has 0 fully saturated rings. The molecule has 6 nitrogen and oxygen atoms in total. The highest BCUT2D eigenvalue weighted by atomic mass is 79.9. The van der Waals surface area contributed by atoms with E-state index in [-0.39, 0.29) is 35.3 Å². The highest BCUT2D eigenvalue weighted by Crippen LogP contribution is 2.28. The average Bonchev–Trinajstić information content (AvgIpc) is 3.12. The Labute approximate surface area is 181 Å². The van der Waals surface area contributed by atoms with Crippen LogP contribution in [0.5, 0.6) is 0 Å². The quantitative estimate of drug-likeness (QED) is 0.497. The van der Waals surface area contributed by atoms with Crippen molar-refractivity contribution in [2.24, 2.45) is 0 Å². The number of rotatable bonds is 6. The Balaban J connectivity index is 0.00000300. The van der Waals surface area contributed by atoms with Crippen molar-refractivity contribution in [3.63, 3.8) is 0 Å². The summed E-state index contributed by atoms with van der Waals surface area (Å²) >= 11 is 3.34. The monoisotopic (exact) mass is 481 g/mol. The zero-order valence-electron chi connectivity index (χ0n) is 15.4. The number of aromatic carboxylic acids is 1. The van der Waals surface area contributed by atoms with Crippen molar-refractivity contribution in [2.45, 2.75) is 19.4 Å². The first kappa shape index (κ1) is 22.7. The van der Waals surface area contributed by atoms with Gasteiger partial charge in [0.15, 0.2) is 11.5 Å². The summed E-state index contributed by atoms with van der Waals surface area (Å²) in [5, 5.41) is 9.48. The van der Waals surface area contributed by atoms with Crippen LogP contribution < -0.4 is 18.1 Å². The van der Waals surface area contributed by atoms with Crippen LogP contribution in [0, 0.1) is 5.82 Å². The minimum Gasteiger partial charge on any atom is -1.00 e. The van der Waals surface area contributed by atoms with Crippen molar-refractivity contribution in [2.75, 3.05) is 0 Å². The highest BCUT2D eigenvalue weighted by Gasteiger charge is 2.27. The molecule has 3 aromatic rings. The van der Waals surface area contributed by atoms with Crippen LogP contribution in [0.3, 0.4) is 0 Å². The van der Waals surface area contributed by atoms with Crippen molar-refractivity contribution in [3.8, 4) is 5.69 Å². The molecule has 2 aromatic carbocycles. The molecule has 152 valence electrons. The zero-order chi connectivity index (χ0) is 20.4. The van der Waals surface area contributed by atoms with E-state index < -0.39 is 17.6 Å². The van der Waals surface area contributed by atoms with Gasteiger partial charge >= 0.3 is 5.97 Å². The Kier molecular flexibility index (Phi) is 7.29. The molecule has 1 heterocycles. The first-order valence-electron chi connectivity index (χ1n) is 8.57. The van der Waals surface area contributed by atoms with Gasteiger partial charge in [0.25, 0.3) is 0 Å². The summed E-state index contributed by atoms with van der Waals surface area (Å²) in [6, 6.07) is 10.3. The van der Waals surface area contributed by atoms with Crippen LogP contribution in [0.15, 0.2) is 53.3 Å². The number of hydrogen-bond acceptors (Lipinski definition) is 3. The van der Waals surface area contributed by atoms with Gasteiger partial charge in [-0.2, -0.15) is 0 Å². The Morgan fingerprint density at radius 1 is 1.24 bits per heavy atom. The normalized spacial score (nSPS) is 11.6. The van der Waals surface area contributed by atoms with Crippen LogP contribution in [0.25, 0.3) is 5.69 Å². The van der Waals surface area contributed by atoms with E-state index in [2.05, 4.69) is 26.6 Å². The summed E-state index contributed by atoms with van der Waals surface area (Å²) in [6.07, 6.45) is 1.94. The molecule has 1 unspecified atom stereocenters. The number of carbonyl (C=O) groups is 2. The predicted molar refractivity (Wildman–Crippen MR) is 104 cm³/mol. The van der Waals surface area contributed by atoms with Gasteiger partial charge in [0.2, 0.25) is 0 Å². The second-order valence-corrected chi connectivity index (χ2v) is 7.14. The summed E-state index contributed by atoms with van der Waals surface area (Å²) in [5.74, 6) is -2.31. The number of ketones is 1. The van der Waals surface area contributed by atoms with Crippen molar-refractivity contribution in [1.29, 1.82) is 0 Å². The second kappa shape index (κ2) is 9.30. The fraction of sp³-hybridized carbons (Fsp3) is 0.150. The van der Waals surface area contributed by atoms with Gasteiger partial charge in [-0.05, 0) is 30.3 Å². The molecule has 9 heteroatoms. The molecular formula is C20H18BrClFN3O3. The third-order valence-corrected chi connectivity index (χ3v) is 4.96.